The molecule has 0 bridgehead atoms. The molecule has 0 aliphatic rings. The molecule has 0 aliphatic carbocycles. The Balaban J connectivity index is -0.0000000817. The number of rotatable bonds is 4. The fraction of sp³-hybridized carbons (Fsp3) is 0.833. The second kappa shape index (κ2) is 16.9. The number of halogens is 2. The normalized spacial score (nSPS) is 6.64. The fourth-order valence-corrected chi connectivity index (χ4v) is 0.526. The van der Waals surface area contributed by atoms with E-state index in [1.165, 1.54) is 0 Å². The Kier molecular flexibility index (Phi) is 34.8. The first-order valence-electron chi connectivity index (χ1n) is 2.99. The maximum atomic E-state index is 9.87. The summed E-state index contributed by atoms with van der Waals surface area (Å²) in [5, 5.41) is 8.14. The zero-order chi connectivity index (χ0) is 6.41. The van der Waals surface area contributed by atoms with Gasteiger partial charge in [0.15, 0.2) is 0 Å². The van der Waals surface area contributed by atoms with Crippen LogP contribution in [0.4, 0.5) is 0 Å². The minimum absolute atomic E-state index is 0. The van der Waals surface area contributed by atoms with E-state index in [0.29, 0.717) is 6.42 Å². The molecular weight excluding hydrogens is 226 g/mol. The van der Waals surface area contributed by atoms with Crippen LogP contribution in [0.5, 0.6) is 0 Å². The van der Waals surface area contributed by atoms with Crippen molar-refractivity contribution in [2.75, 3.05) is 0 Å². The molecule has 0 rings (SSSR count). The van der Waals surface area contributed by atoms with Crippen molar-refractivity contribution in [3.8, 4) is 0 Å². The van der Waals surface area contributed by atoms with Crippen LogP contribution >= 0.6 is 0 Å². The Bertz CT molecular complexity index is 81.0. The minimum atomic E-state index is -0.682. The molecule has 0 aromatic heterocycles. The molecule has 0 aromatic rings. The molecule has 0 amide bonds. The second-order valence-electron chi connectivity index (χ2n) is 1.85. The van der Waals surface area contributed by atoms with Gasteiger partial charge in [-0.3, -0.25) is 4.79 Å². The number of unbranched alkanes of at least 4 members (excludes halogenated alkanes) is 2. The fourth-order valence-electron chi connectivity index (χ4n) is 0.526. The summed E-state index contributed by atoms with van der Waals surface area (Å²) in [7, 11) is 0. The first-order chi connectivity index (χ1) is 3.77. The van der Waals surface area contributed by atoms with Gasteiger partial charge in [-0.2, -0.15) is 0 Å². The topological polar surface area (TPSA) is 37.3 Å². The summed E-state index contributed by atoms with van der Waals surface area (Å²) in [4.78, 5) is 9.87. The van der Waals surface area contributed by atoms with Crippen molar-refractivity contribution in [2.24, 2.45) is 0 Å². The molecule has 0 unspecified atom stereocenters. The molecule has 0 atom stereocenters. The zero-order valence-corrected chi connectivity index (χ0v) is 9.30. The van der Waals surface area contributed by atoms with Crippen LogP contribution < -0.4 is 24.8 Å². The molecule has 0 saturated carbocycles. The summed E-state index contributed by atoms with van der Waals surface area (Å²) in [5.74, 6) is -0.682. The third kappa shape index (κ3) is 25.0. The molecule has 0 aromatic carbocycles. The zero-order valence-electron chi connectivity index (χ0n) is 6.39. The summed E-state index contributed by atoms with van der Waals surface area (Å²) >= 11 is 0. The van der Waals surface area contributed by atoms with E-state index in [1.807, 2.05) is 0 Å². The quantitative estimate of drug-likeness (QED) is 0.503. The number of carboxylic acid groups (broad SMARTS) is 1. The average molecular weight is 238 g/mol. The van der Waals surface area contributed by atoms with Gasteiger partial charge in [-0.25, -0.2) is 0 Å². The predicted octanol–water partition coefficient (Wildman–Crippen LogP) is -4.34. The molecular formula is C6H12Cl2O2V. The van der Waals surface area contributed by atoms with Crippen LogP contribution in [0.1, 0.15) is 32.6 Å². The molecule has 5 heteroatoms. The van der Waals surface area contributed by atoms with Crippen LogP contribution in [0.25, 0.3) is 0 Å². The van der Waals surface area contributed by atoms with Crippen molar-refractivity contribution in [1.82, 2.24) is 0 Å². The van der Waals surface area contributed by atoms with E-state index < -0.39 is 5.97 Å². The van der Waals surface area contributed by atoms with Crippen LogP contribution in [-0.4, -0.2) is 11.1 Å². The van der Waals surface area contributed by atoms with E-state index in [0.717, 1.165) is 19.3 Å². The second-order valence-corrected chi connectivity index (χ2v) is 1.85. The Morgan fingerprint density at radius 2 is 1.73 bits per heavy atom. The van der Waals surface area contributed by atoms with Gasteiger partial charge in [0.2, 0.25) is 0 Å². The van der Waals surface area contributed by atoms with Crippen LogP contribution in [0.2, 0.25) is 0 Å². The van der Waals surface area contributed by atoms with Crippen LogP contribution in [0, 0.1) is 0 Å². The van der Waals surface area contributed by atoms with Gasteiger partial charge in [-0.15, -0.1) is 0 Å². The third-order valence-corrected chi connectivity index (χ3v) is 0.994. The molecule has 0 heterocycles. The third-order valence-electron chi connectivity index (χ3n) is 0.994. The Morgan fingerprint density at radius 1 is 1.27 bits per heavy atom. The largest absolute Gasteiger partial charge is 2.00 e. The van der Waals surface area contributed by atoms with E-state index >= 15 is 0 Å². The molecule has 0 aliphatic heterocycles. The van der Waals surface area contributed by atoms with Gasteiger partial charge in [0.1, 0.15) is 0 Å². The number of carboxylic acids is 1. The Labute approximate surface area is 91.8 Å². The van der Waals surface area contributed by atoms with Crippen LogP contribution in [0.15, 0.2) is 0 Å². The predicted molar refractivity (Wildman–Crippen MR) is 31.8 cm³/mol. The average Bonchev–Trinajstić information content (AvgIpc) is 1.66. The van der Waals surface area contributed by atoms with Crippen molar-refractivity contribution in [1.29, 1.82) is 0 Å². The summed E-state index contributed by atoms with van der Waals surface area (Å²) < 4.78 is 0. The maximum Gasteiger partial charge on any atom is 2.00 e. The maximum absolute atomic E-state index is 9.87. The van der Waals surface area contributed by atoms with Crippen molar-refractivity contribution < 1.29 is 53.3 Å². The van der Waals surface area contributed by atoms with E-state index in [9.17, 15) is 4.79 Å². The van der Waals surface area contributed by atoms with Gasteiger partial charge in [0.05, 0.1) is 0 Å². The van der Waals surface area contributed by atoms with Gasteiger partial charge >= 0.3 is 24.5 Å². The molecule has 11 heavy (non-hydrogen) atoms. The van der Waals surface area contributed by atoms with Gasteiger partial charge in [0, 0.05) is 6.42 Å². The summed E-state index contributed by atoms with van der Waals surface area (Å²) in [5.41, 5.74) is 0. The monoisotopic (exact) mass is 237 g/mol. The number of hydrogen-bond donors (Lipinski definition) is 1. The van der Waals surface area contributed by atoms with Crippen LogP contribution in [0.3, 0.4) is 0 Å². The first kappa shape index (κ1) is 22.6. The smallest absolute Gasteiger partial charge is 1.00 e. The van der Waals surface area contributed by atoms with Crippen LogP contribution in [-0.2, 0) is 23.4 Å². The SMILES string of the molecule is CCCCCC(=O)O.[Cl-].[Cl-].[V+2]. The molecule has 0 fully saturated rings. The Hall–Kier alpha value is 0.634. The molecule has 1 N–H and O–H groups in total. The van der Waals surface area contributed by atoms with E-state index in [2.05, 4.69) is 6.92 Å². The first-order valence-corrected chi connectivity index (χ1v) is 2.99. The van der Waals surface area contributed by atoms with Crippen molar-refractivity contribution >= 4 is 5.97 Å². The number of aliphatic carboxylic acids is 1. The molecule has 67 valence electrons. The van der Waals surface area contributed by atoms with Gasteiger partial charge in [0.25, 0.3) is 0 Å². The van der Waals surface area contributed by atoms with Gasteiger partial charge < -0.3 is 29.9 Å². The molecule has 0 spiro atoms. The molecule has 2 nitrogen and oxygen atoms in total. The number of carbonyl (C=O) groups is 1. The van der Waals surface area contributed by atoms with Crippen molar-refractivity contribution in [3.05, 3.63) is 0 Å². The van der Waals surface area contributed by atoms with Gasteiger partial charge in [-0.05, 0) is 6.42 Å². The van der Waals surface area contributed by atoms with E-state index in [4.69, 9.17) is 5.11 Å². The minimum Gasteiger partial charge on any atom is -1.00 e. The standard InChI is InChI=1S/C6H12O2.2ClH.V/c1-2-3-4-5-6(7)8;;;/h2-5H2,1H3,(H,7,8);2*1H;/q;;;+2/p-2. The molecule has 0 saturated heterocycles. The summed E-state index contributed by atoms with van der Waals surface area (Å²) in [6.45, 7) is 2.06. The number of hydrogen-bond acceptors (Lipinski definition) is 1. The summed E-state index contributed by atoms with van der Waals surface area (Å²) in [6, 6.07) is 0. The molecule has 1 radical (unpaired) electrons. The van der Waals surface area contributed by atoms with Crippen molar-refractivity contribution in [2.45, 2.75) is 32.6 Å². The Morgan fingerprint density at radius 3 is 2.00 bits per heavy atom. The van der Waals surface area contributed by atoms with E-state index in [1.54, 1.807) is 0 Å². The summed E-state index contributed by atoms with van der Waals surface area (Å²) in [6.07, 6.45) is 3.28. The van der Waals surface area contributed by atoms with Crippen molar-refractivity contribution in [3.63, 3.8) is 0 Å². The van der Waals surface area contributed by atoms with Gasteiger partial charge in [-0.1, -0.05) is 19.8 Å². The van der Waals surface area contributed by atoms with E-state index in [-0.39, 0.29) is 43.4 Å².